The summed E-state index contributed by atoms with van der Waals surface area (Å²) in [6, 6.07) is 10.9. The lowest BCUT2D eigenvalue weighted by atomic mass is 10.2. The van der Waals surface area contributed by atoms with Crippen LogP contribution in [-0.2, 0) is 4.79 Å². The minimum absolute atomic E-state index is 0.0912. The molecule has 2 aromatic carbocycles. The van der Waals surface area contributed by atoms with E-state index >= 15 is 0 Å². The highest BCUT2D eigenvalue weighted by molar-refractivity contribution is 6.43. The number of rotatable bonds is 5. The minimum Gasteiger partial charge on any atom is -0.497 e. The number of hydrogen-bond acceptors (Lipinski definition) is 4. The van der Waals surface area contributed by atoms with E-state index in [2.05, 4.69) is 4.90 Å². The number of carbonyl (C=O) groups excluding carboxylic acids is 1. The van der Waals surface area contributed by atoms with E-state index in [1.54, 1.807) is 12.0 Å². The van der Waals surface area contributed by atoms with Crippen LogP contribution in [0.15, 0.2) is 36.4 Å². The molecule has 0 aromatic heterocycles. The van der Waals surface area contributed by atoms with E-state index in [1.165, 1.54) is 12.1 Å². The van der Waals surface area contributed by atoms with Crippen molar-refractivity contribution in [2.75, 3.05) is 44.8 Å². The number of nitrogens with zero attached hydrogens (tertiary/aromatic N) is 2. The van der Waals surface area contributed by atoms with E-state index < -0.39 is 0 Å². The van der Waals surface area contributed by atoms with Crippen LogP contribution >= 0.6 is 34.8 Å². The number of carbonyl (C=O) groups is 1. The topological polar surface area (TPSA) is 42.0 Å². The summed E-state index contributed by atoms with van der Waals surface area (Å²) in [7, 11) is 1.65. The molecule has 1 amide bonds. The highest BCUT2D eigenvalue weighted by Crippen LogP contribution is 2.33. The van der Waals surface area contributed by atoms with Gasteiger partial charge in [-0.05, 0) is 30.3 Å². The molecule has 0 aliphatic carbocycles. The molecule has 1 aliphatic rings. The summed E-state index contributed by atoms with van der Waals surface area (Å²) in [6.07, 6.45) is 0. The summed E-state index contributed by atoms with van der Waals surface area (Å²) in [4.78, 5) is 16.4. The van der Waals surface area contributed by atoms with Gasteiger partial charge in [0.05, 0.1) is 22.2 Å². The molecular formula is C19H19Cl3N2O3. The second kappa shape index (κ2) is 8.91. The van der Waals surface area contributed by atoms with Crippen LogP contribution in [0.3, 0.4) is 0 Å². The van der Waals surface area contributed by atoms with Crippen LogP contribution in [0.5, 0.6) is 11.5 Å². The summed E-state index contributed by atoms with van der Waals surface area (Å²) in [5.41, 5.74) is 1.11. The van der Waals surface area contributed by atoms with E-state index in [0.29, 0.717) is 33.9 Å². The maximum atomic E-state index is 12.4. The summed E-state index contributed by atoms with van der Waals surface area (Å²) in [5, 5.41) is 0.994. The minimum atomic E-state index is -0.0970. The molecule has 27 heavy (non-hydrogen) atoms. The van der Waals surface area contributed by atoms with Gasteiger partial charge in [0.15, 0.2) is 6.61 Å². The number of benzene rings is 2. The van der Waals surface area contributed by atoms with E-state index in [-0.39, 0.29) is 12.5 Å². The average molecular weight is 430 g/mol. The van der Waals surface area contributed by atoms with Gasteiger partial charge in [-0.25, -0.2) is 0 Å². The molecule has 0 N–H and O–H groups in total. The quantitative estimate of drug-likeness (QED) is 0.661. The number of anilines is 1. The number of ether oxygens (including phenoxy) is 2. The van der Waals surface area contributed by atoms with E-state index in [0.717, 1.165) is 24.5 Å². The first-order valence-corrected chi connectivity index (χ1v) is 9.55. The highest BCUT2D eigenvalue weighted by Gasteiger charge is 2.22. The Morgan fingerprint density at radius 3 is 2.22 bits per heavy atom. The third kappa shape index (κ3) is 4.92. The molecule has 144 valence electrons. The van der Waals surface area contributed by atoms with Crippen molar-refractivity contribution < 1.29 is 14.3 Å². The fraction of sp³-hybridized carbons (Fsp3) is 0.316. The number of methoxy groups -OCH3 is 1. The second-order valence-electron chi connectivity index (χ2n) is 6.05. The zero-order valence-electron chi connectivity index (χ0n) is 14.8. The van der Waals surface area contributed by atoms with Gasteiger partial charge >= 0.3 is 0 Å². The first kappa shape index (κ1) is 19.9. The first-order chi connectivity index (χ1) is 13.0. The monoisotopic (exact) mass is 428 g/mol. The summed E-state index contributed by atoms with van der Waals surface area (Å²) in [6.45, 7) is 2.67. The van der Waals surface area contributed by atoms with Gasteiger partial charge in [-0.2, -0.15) is 0 Å². The molecule has 5 nitrogen and oxygen atoms in total. The smallest absolute Gasteiger partial charge is 0.260 e. The lowest BCUT2D eigenvalue weighted by Gasteiger charge is -2.36. The van der Waals surface area contributed by atoms with Crippen molar-refractivity contribution in [3.8, 4) is 11.5 Å². The Morgan fingerprint density at radius 1 is 0.963 bits per heavy atom. The maximum Gasteiger partial charge on any atom is 0.260 e. The SMILES string of the molecule is COc1ccc(N2CCN(C(=O)COc3cc(Cl)c(Cl)cc3Cl)CC2)cc1. The van der Waals surface area contributed by atoms with Gasteiger partial charge in [0.25, 0.3) is 5.91 Å². The number of hydrogen-bond donors (Lipinski definition) is 0. The Balaban J connectivity index is 1.51. The molecule has 0 atom stereocenters. The molecule has 8 heteroatoms. The third-order valence-corrected chi connectivity index (χ3v) is 5.41. The van der Waals surface area contributed by atoms with Crippen LogP contribution in [0.2, 0.25) is 15.1 Å². The summed E-state index contributed by atoms with van der Waals surface area (Å²) >= 11 is 17.9. The van der Waals surface area contributed by atoms with Gasteiger partial charge in [-0.1, -0.05) is 34.8 Å². The fourth-order valence-corrected chi connectivity index (χ4v) is 3.44. The molecule has 0 radical (unpaired) electrons. The van der Waals surface area contributed by atoms with Crippen LogP contribution in [0.1, 0.15) is 0 Å². The standard InChI is InChI=1S/C19H19Cl3N2O3/c1-26-14-4-2-13(3-5-14)23-6-8-24(9-7-23)19(25)12-27-18-11-16(21)15(20)10-17(18)22/h2-5,10-11H,6-9,12H2,1H3. The second-order valence-corrected chi connectivity index (χ2v) is 7.27. The van der Waals surface area contributed by atoms with Crippen molar-refractivity contribution >= 4 is 46.4 Å². The lowest BCUT2D eigenvalue weighted by Crippen LogP contribution is -2.50. The van der Waals surface area contributed by atoms with Gasteiger partial charge in [0, 0.05) is 37.9 Å². The number of amides is 1. The molecule has 1 heterocycles. The number of halogens is 3. The first-order valence-electron chi connectivity index (χ1n) is 8.42. The van der Waals surface area contributed by atoms with Crippen molar-refractivity contribution in [2.24, 2.45) is 0 Å². The Morgan fingerprint density at radius 2 is 1.59 bits per heavy atom. The predicted octanol–water partition coefficient (Wildman–Crippen LogP) is 4.38. The lowest BCUT2D eigenvalue weighted by molar-refractivity contribution is -0.133. The largest absolute Gasteiger partial charge is 0.497 e. The van der Waals surface area contributed by atoms with Crippen LogP contribution < -0.4 is 14.4 Å². The Hall–Kier alpha value is -1.82. The zero-order valence-corrected chi connectivity index (χ0v) is 17.0. The highest BCUT2D eigenvalue weighted by atomic mass is 35.5. The van der Waals surface area contributed by atoms with Crippen molar-refractivity contribution in [3.05, 3.63) is 51.5 Å². The Kier molecular flexibility index (Phi) is 6.58. The van der Waals surface area contributed by atoms with E-state index in [9.17, 15) is 4.79 Å². The van der Waals surface area contributed by atoms with E-state index in [1.807, 2.05) is 24.3 Å². The van der Waals surface area contributed by atoms with Crippen molar-refractivity contribution in [2.45, 2.75) is 0 Å². The van der Waals surface area contributed by atoms with Crippen molar-refractivity contribution in [3.63, 3.8) is 0 Å². The van der Waals surface area contributed by atoms with Crippen molar-refractivity contribution in [1.82, 2.24) is 4.90 Å². The molecule has 0 spiro atoms. The molecule has 1 fully saturated rings. The van der Waals surface area contributed by atoms with Gasteiger partial charge in [0.1, 0.15) is 11.5 Å². The molecule has 1 aliphatic heterocycles. The van der Waals surface area contributed by atoms with Crippen LogP contribution in [-0.4, -0.2) is 50.7 Å². The van der Waals surface area contributed by atoms with Crippen molar-refractivity contribution in [1.29, 1.82) is 0 Å². The Labute approximate surface area is 173 Å². The normalized spacial score (nSPS) is 14.2. The van der Waals surface area contributed by atoms with Gasteiger partial charge < -0.3 is 19.3 Å². The van der Waals surface area contributed by atoms with Crippen LogP contribution in [0.4, 0.5) is 5.69 Å². The molecule has 3 rings (SSSR count). The molecule has 0 bridgehead atoms. The van der Waals surface area contributed by atoms with Gasteiger partial charge in [-0.3, -0.25) is 4.79 Å². The van der Waals surface area contributed by atoms with E-state index in [4.69, 9.17) is 44.3 Å². The molecule has 2 aromatic rings. The zero-order chi connectivity index (χ0) is 19.4. The fourth-order valence-electron chi connectivity index (χ4n) is 2.85. The molecule has 0 saturated carbocycles. The predicted molar refractivity (Wildman–Crippen MR) is 109 cm³/mol. The Bertz CT molecular complexity index is 807. The van der Waals surface area contributed by atoms with Gasteiger partial charge in [-0.15, -0.1) is 0 Å². The van der Waals surface area contributed by atoms with Gasteiger partial charge in [0.2, 0.25) is 0 Å². The van der Waals surface area contributed by atoms with Crippen LogP contribution in [0.25, 0.3) is 0 Å². The number of piperazine rings is 1. The summed E-state index contributed by atoms with van der Waals surface area (Å²) in [5.74, 6) is 1.08. The molecule has 0 unspecified atom stereocenters. The summed E-state index contributed by atoms with van der Waals surface area (Å²) < 4.78 is 10.7. The van der Waals surface area contributed by atoms with Crippen LogP contribution in [0, 0.1) is 0 Å². The maximum absolute atomic E-state index is 12.4. The average Bonchev–Trinajstić information content (AvgIpc) is 2.69. The third-order valence-electron chi connectivity index (χ3n) is 4.40. The molecule has 1 saturated heterocycles. The molecular weight excluding hydrogens is 411 g/mol.